The zero-order valence-electron chi connectivity index (χ0n) is 7.77. The SMILES string of the molecule is Cn1c(Sc2cccc(Cl)n2)n[nH]c1=O. The molecule has 0 aliphatic rings. The average Bonchev–Trinajstić information content (AvgIpc) is 2.50. The Labute approximate surface area is 94.5 Å². The smallest absolute Gasteiger partial charge is 0.273 e. The molecule has 0 saturated carbocycles. The molecule has 1 N–H and O–H groups in total. The number of halogens is 1. The Kier molecular flexibility index (Phi) is 2.79. The van der Waals surface area contributed by atoms with Crippen LogP contribution in [0.2, 0.25) is 5.15 Å². The zero-order chi connectivity index (χ0) is 10.8. The first kappa shape index (κ1) is 10.3. The van der Waals surface area contributed by atoms with Gasteiger partial charge in [-0.3, -0.25) is 4.57 Å². The highest BCUT2D eigenvalue weighted by Crippen LogP contribution is 2.23. The lowest BCUT2D eigenvalue weighted by molar-refractivity contribution is 0.765. The third kappa shape index (κ3) is 2.21. The van der Waals surface area contributed by atoms with Crippen molar-refractivity contribution >= 4 is 23.4 Å². The van der Waals surface area contributed by atoms with E-state index in [0.29, 0.717) is 15.3 Å². The largest absolute Gasteiger partial charge is 0.343 e. The van der Waals surface area contributed by atoms with Crippen molar-refractivity contribution in [2.24, 2.45) is 7.05 Å². The van der Waals surface area contributed by atoms with E-state index in [1.54, 1.807) is 25.2 Å². The van der Waals surface area contributed by atoms with Gasteiger partial charge in [-0.2, -0.15) is 0 Å². The monoisotopic (exact) mass is 242 g/mol. The molecule has 0 unspecified atom stereocenters. The van der Waals surface area contributed by atoms with Crippen molar-refractivity contribution in [3.05, 3.63) is 33.8 Å². The molecule has 0 aromatic carbocycles. The summed E-state index contributed by atoms with van der Waals surface area (Å²) in [7, 11) is 1.64. The second-order valence-corrected chi connectivity index (χ2v) is 4.15. The number of aromatic nitrogens is 4. The second-order valence-electron chi connectivity index (χ2n) is 2.77. The molecule has 0 atom stereocenters. The predicted molar refractivity (Wildman–Crippen MR) is 57.2 cm³/mol. The van der Waals surface area contributed by atoms with Crippen LogP contribution in [0.1, 0.15) is 0 Å². The van der Waals surface area contributed by atoms with E-state index in [1.165, 1.54) is 16.3 Å². The van der Waals surface area contributed by atoms with E-state index >= 15 is 0 Å². The van der Waals surface area contributed by atoms with Crippen LogP contribution in [-0.4, -0.2) is 19.7 Å². The van der Waals surface area contributed by atoms with E-state index in [9.17, 15) is 4.79 Å². The number of hydrogen-bond donors (Lipinski definition) is 1. The summed E-state index contributed by atoms with van der Waals surface area (Å²) in [5.74, 6) is 0. The van der Waals surface area contributed by atoms with Gasteiger partial charge in [-0.1, -0.05) is 17.7 Å². The van der Waals surface area contributed by atoms with E-state index in [4.69, 9.17) is 11.6 Å². The second kappa shape index (κ2) is 4.08. The molecule has 2 rings (SSSR count). The lowest BCUT2D eigenvalue weighted by Gasteiger charge is -1.98. The predicted octanol–water partition coefficient (Wildman–Crippen LogP) is 1.31. The van der Waals surface area contributed by atoms with Crippen molar-refractivity contribution in [2.75, 3.05) is 0 Å². The fraction of sp³-hybridized carbons (Fsp3) is 0.125. The molecule has 0 aliphatic heterocycles. The molecule has 0 radical (unpaired) electrons. The summed E-state index contributed by atoms with van der Waals surface area (Å²) in [5, 5.41) is 7.86. The van der Waals surface area contributed by atoms with Gasteiger partial charge in [0.25, 0.3) is 0 Å². The third-order valence-electron chi connectivity index (χ3n) is 1.72. The van der Waals surface area contributed by atoms with Gasteiger partial charge in [0, 0.05) is 7.05 Å². The molecule has 0 amide bonds. The molecule has 2 aromatic rings. The van der Waals surface area contributed by atoms with E-state index in [2.05, 4.69) is 15.2 Å². The van der Waals surface area contributed by atoms with Crippen LogP contribution in [0.5, 0.6) is 0 Å². The van der Waals surface area contributed by atoms with Gasteiger partial charge in [0.2, 0.25) is 0 Å². The molecule has 0 saturated heterocycles. The first-order valence-electron chi connectivity index (χ1n) is 4.08. The fourth-order valence-corrected chi connectivity index (χ4v) is 1.97. The summed E-state index contributed by atoms with van der Waals surface area (Å²) < 4.78 is 1.41. The lowest BCUT2D eigenvalue weighted by Crippen LogP contribution is -2.12. The highest BCUT2D eigenvalue weighted by Gasteiger charge is 2.06. The van der Waals surface area contributed by atoms with E-state index in [1.807, 2.05) is 0 Å². The number of nitrogens with one attached hydrogen (secondary N) is 1. The quantitative estimate of drug-likeness (QED) is 0.807. The van der Waals surface area contributed by atoms with Crippen molar-refractivity contribution in [1.82, 2.24) is 19.7 Å². The first-order chi connectivity index (χ1) is 7.16. The Morgan fingerprint density at radius 2 is 2.33 bits per heavy atom. The van der Waals surface area contributed by atoms with Crippen LogP contribution in [0, 0.1) is 0 Å². The highest BCUT2D eigenvalue weighted by atomic mass is 35.5. The summed E-state index contributed by atoms with van der Waals surface area (Å²) in [6.07, 6.45) is 0. The molecule has 78 valence electrons. The van der Waals surface area contributed by atoms with Crippen LogP contribution >= 0.6 is 23.4 Å². The first-order valence-corrected chi connectivity index (χ1v) is 5.28. The van der Waals surface area contributed by atoms with Crippen molar-refractivity contribution in [3.8, 4) is 0 Å². The molecular weight excluding hydrogens is 236 g/mol. The van der Waals surface area contributed by atoms with Crippen LogP contribution < -0.4 is 5.69 Å². The van der Waals surface area contributed by atoms with Crippen molar-refractivity contribution in [2.45, 2.75) is 10.2 Å². The Hall–Kier alpha value is -1.27. The molecule has 2 heterocycles. The molecule has 0 fully saturated rings. The maximum absolute atomic E-state index is 11.1. The van der Waals surface area contributed by atoms with Crippen molar-refractivity contribution in [3.63, 3.8) is 0 Å². The molecule has 5 nitrogen and oxygen atoms in total. The van der Waals surface area contributed by atoms with E-state index in [-0.39, 0.29) is 5.69 Å². The van der Waals surface area contributed by atoms with Crippen molar-refractivity contribution in [1.29, 1.82) is 0 Å². The molecule has 7 heteroatoms. The van der Waals surface area contributed by atoms with Gasteiger partial charge in [-0.15, -0.1) is 5.10 Å². The topological polar surface area (TPSA) is 63.6 Å². The molecule has 0 aliphatic carbocycles. The maximum atomic E-state index is 11.1. The fourth-order valence-electron chi connectivity index (χ4n) is 0.964. The number of aromatic amines is 1. The number of pyridine rings is 1. The molecule has 15 heavy (non-hydrogen) atoms. The molecule has 2 aromatic heterocycles. The van der Waals surface area contributed by atoms with E-state index in [0.717, 1.165) is 0 Å². The van der Waals surface area contributed by atoms with Crippen LogP contribution in [0.15, 0.2) is 33.2 Å². The minimum atomic E-state index is -0.250. The van der Waals surface area contributed by atoms with Gasteiger partial charge in [0.15, 0.2) is 5.16 Å². The molecule has 0 spiro atoms. The summed E-state index contributed by atoms with van der Waals surface area (Å²) in [6.45, 7) is 0. The minimum Gasteiger partial charge on any atom is -0.273 e. The Bertz CT molecular complexity index is 535. The van der Waals surface area contributed by atoms with Crippen LogP contribution in [0.25, 0.3) is 0 Å². The summed E-state index contributed by atoms with van der Waals surface area (Å²) in [6, 6.07) is 5.29. The highest BCUT2D eigenvalue weighted by molar-refractivity contribution is 7.99. The Morgan fingerprint density at radius 1 is 1.53 bits per heavy atom. The van der Waals surface area contributed by atoms with Gasteiger partial charge in [0.1, 0.15) is 10.2 Å². The Balaban J connectivity index is 2.29. The van der Waals surface area contributed by atoms with Gasteiger partial charge in [-0.05, 0) is 23.9 Å². The number of hydrogen-bond acceptors (Lipinski definition) is 4. The zero-order valence-corrected chi connectivity index (χ0v) is 9.34. The summed E-state index contributed by atoms with van der Waals surface area (Å²) in [4.78, 5) is 15.2. The third-order valence-corrected chi connectivity index (χ3v) is 2.92. The number of nitrogens with zero attached hydrogens (tertiary/aromatic N) is 3. The van der Waals surface area contributed by atoms with Crippen LogP contribution in [-0.2, 0) is 7.05 Å². The average molecular weight is 243 g/mol. The summed E-state index contributed by atoms with van der Waals surface area (Å²) in [5.41, 5.74) is -0.250. The van der Waals surface area contributed by atoms with Gasteiger partial charge < -0.3 is 0 Å². The van der Waals surface area contributed by atoms with Crippen molar-refractivity contribution < 1.29 is 0 Å². The number of H-pyrrole nitrogens is 1. The van der Waals surface area contributed by atoms with Gasteiger partial charge >= 0.3 is 5.69 Å². The summed E-state index contributed by atoms with van der Waals surface area (Å²) >= 11 is 7.01. The standard InChI is InChI=1S/C8H7ClN4OS/c1-13-7(14)11-12-8(13)15-6-4-2-3-5(9)10-6/h2-4H,1H3,(H,11,14). The van der Waals surface area contributed by atoms with Gasteiger partial charge in [-0.25, -0.2) is 14.9 Å². The van der Waals surface area contributed by atoms with Crippen LogP contribution in [0.3, 0.4) is 0 Å². The Morgan fingerprint density at radius 3 is 2.93 bits per heavy atom. The lowest BCUT2D eigenvalue weighted by atomic mass is 10.5. The van der Waals surface area contributed by atoms with Gasteiger partial charge in [0.05, 0.1) is 0 Å². The molecule has 0 bridgehead atoms. The van der Waals surface area contributed by atoms with E-state index < -0.39 is 0 Å². The maximum Gasteiger partial charge on any atom is 0.343 e. The number of rotatable bonds is 2. The molecular formula is C8H7ClN4OS. The minimum absolute atomic E-state index is 0.250. The van der Waals surface area contributed by atoms with Crippen LogP contribution in [0.4, 0.5) is 0 Å². The normalized spacial score (nSPS) is 10.5.